The van der Waals surface area contributed by atoms with E-state index in [0.717, 1.165) is 24.0 Å². The monoisotopic (exact) mass is 582 g/mol. The average Bonchev–Trinajstić information content (AvgIpc) is 2.90. The molecule has 4 rings (SSSR count). The van der Waals surface area contributed by atoms with Crippen LogP contribution in [0, 0.1) is 0 Å². The SMILES string of the molecule is CCOC(=O)N1C(=O)N(C(c2ccccc2)c2ccccc2)[C@H](CCc2ccccc2)C[C@H]1CI. The smallest absolute Gasteiger partial charge is 0.418 e. The van der Waals surface area contributed by atoms with Gasteiger partial charge < -0.3 is 9.64 Å². The van der Waals surface area contributed by atoms with Crippen molar-refractivity contribution in [2.24, 2.45) is 0 Å². The van der Waals surface area contributed by atoms with E-state index in [4.69, 9.17) is 4.74 Å². The molecule has 0 aromatic heterocycles. The molecule has 0 N–H and O–H groups in total. The van der Waals surface area contributed by atoms with E-state index in [1.807, 2.05) is 59.5 Å². The zero-order valence-corrected chi connectivity index (χ0v) is 22.1. The van der Waals surface area contributed by atoms with Crippen LogP contribution in [-0.2, 0) is 11.2 Å². The number of amides is 3. The van der Waals surface area contributed by atoms with Crippen LogP contribution in [0.3, 0.4) is 0 Å². The summed E-state index contributed by atoms with van der Waals surface area (Å²) in [5.74, 6) is 0. The quantitative estimate of drug-likeness (QED) is 0.215. The van der Waals surface area contributed by atoms with Gasteiger partial charge >= 0.3 is 12.1 Å². The Balaban J connectivity index is 1.77. The number of urea groups is 1. The summed E-state index contributed by atoms with van der Waals surface area (Å²) >= 11 is 2.27. The first-order chi connectivity index (χ1) is 17.1. The maximum atomic E-state index is 14.2. The van der Waals surface area contributed by atoms with Crippen LogP contribution in [0.4, 0.5) is 9.59 Å². The number of halogens is 1. The molecule has 1 aliphatic heterocycles. The van der Waals surface area contributed by atoms with Crippen LogP contribution in [0.25, 0.3) is 0 Å². The minimum atomic E-state index is -0.564. The number of aryl methyl sites for hydroxylation is 1. The van der Waals surface area contributed by atoms with E-state index in [-0.39, 0.29) is 30.8 Å². The summed E-state index contributed by atoms with van der Waals surface area (Å²) < 4.78 is 5.99. The number of ether oxygens (including phenoxy) is 1. The van der Waals surface area contributed by atoms with Crippen molar-refractivity contribution in [3.05, 3.63) is 108 Å². The molecule has 35 heavy (non-hydrogen) atoms. The number of alkyl halides is 1. The van der Waals surface area contributed by atoms with Crippen molar-refractivity contribution in [1.29, 1.82) is 0 Å². The Morgan fingerprint density at radius 2 is 1.46 bits per heavy atom. The van der Waals surface area contributed by atoms with Crippen LogP contribution < -0.4 is 0 Å². The zero-order chi connectivity index (χ0) is 24.6. The molecule has 0 unspecified atom stereocenters. The van der Waals surface area contributed by atoms with Crippen LogP contribution in [0.1, 0.15) is 42.5 Å². The Morgan fingerprint density at radius 1 is 0.914 bits per heavy atom. The number of hydrogen-bond donors (Lipinski definition) is 0. The molecule has 0 saturated carbocycles. The molecule has 182 valence electrons. The molecule has 1 saturated heterocycles. The second-order valence-electron chi connectivity index (χ2n) is 8.70. The van der Waals surface area contributed by atoms with E-state index in [0.29, 0.717) is 10.8 Å². The van der Waals surface area contributed by atoms with Gasteiger partial charge in [-0.25, -0.2) is 14.5 Å². The van der Waals surface area contributed by atoms with Crippen molar-refractivity contribution in [1.82, 2.24) is 9.80 Å². The fraction of sp³-hybridized carbons (Fsp3) is 0.310. The van der Waals surface area contributed by atoms with Crippen molar-refractivity contribution in [3.8, 4) is 0 Å². The molecule has 5 nitrogen and oxygen atoms in total. The summed E-state index contributed by atoms with van der Waals surface area (Å²) in [4.78, 5) is 30.4. The molecule has 0 radical (unpaired) electrons. The van der Waals surface area contributed by atoms with Gasteiger partial charge in [-0.1, -0.05) is 114 Å². The van der Waals surface area contributed by atoms with Crippen LogP contribution in [0.2, 0.25) is 0 Å². The fourth-order valence-corrected chi connectivity index (χ4v) is 5.62. The number of nitrogens with zero attached hydrogens (tertiary/aromatic N) is 2. The normalized spacial score (nSPS) is 18.1. The van der Waals surface area contributed by atoms with Gasteiger partial charge in [0.05, 0.1) is 18.7 Å². The first-order valence-electron chi connectivity index (χ1n) is 12.1. The van der Waals surface area contributed by atoms with E-state index < -0.39 is 6.09 Å². The highest BCUT2D eigenvalue weighted by molar-refractivity contribution is 14.1. The largest absolute Gasteiger partial charge is 0.449 e. The van der Waals surface area contributed by atoms with Crippen LogP contribution in [0.15, 0.2) is 91.0 Å². The average molecular weight is 582 g/mol. The van der Waals surface area contributed by atoms with Crippen LogP contribution in [0.5, 0.6) is 0 Å². The van der Waals surface area contributed by atoms with E-state index in [2.05, 4.69) is 59.0 Å². The Labute approximate surface area is 221 Å². The Kier molecular flexibility index (Phi) is 8.79. The summed E-state index contributed by atoms with van der Waals surface area (Å²) in [6, 6.07) is 29.7. The highest BCUT2D eigenvalue weighted by Crippen LogP contribution is 2.38. The van der Waals surface area contributed by atoms with Gasteiger partial charge in [-0.15, -0.1) is 0 Å². The maximum absolute atomic E-state index is 14.2. The van der Waals surface area contributed by atoms with Crippen molar-refractivity contribution in [2.75, 3.05) is 11.0 Å². The minimum Gasteiger partial charge on any atom is -0.449 e. The summed E-state index contributed by atoms with van der Waals surface area (Å²) in [6.45, 7) is 2.00. The van der Waals surface area contributed by atoms with Crippen LogP contribution in [-0.4, -0.2) is 45.0 Å². The lowest BCUT2D eigenvalue weighted by Crippen LogP contribution is -2.62. The van der Waals surface area contributed by atoms with Gasteiger partial charge in [0.15, 0.2) is 0 Å². The highest BCUT2D eigenvalue weighted by Gasteiger charge is 2.46. The lowest BCUT2D eigenvalue weighted by Gasteiger charge is -2.48. The third-order valence-corrected chi connectivity index (χ3v) is 7.51. The molecule has 1 aliphatic rings. The molecule has 0 spiro atoms. The molecule has 1 heterocycles. The molecule has 2 atom stereocenters. The molecular formula is C29H31IN2O3. The number of rotatable bonds is 8. The van der Waals surface area contributed by atoms with E-state index in [9.17, 15) is 9.59 Å². The minimum absolute atomic E-state index is 0.0291. The summed E-state index contributed by atoms with van der Waals surface area (Å²) in [7, 11) is 0. The topological polar surface area (TPSA) is 49.9 Å². The summed E-state index contributed by atoms with van der Waals surface area (Å²) in [5.41, 5.74) is 3.29. The molecule has 0 aliphatic carbocycles. The first-order valence-corrected chi connectivity index (χ1v) is 13.6. The third-order valence-electron chi connectivity index (χ3n) is 6.49. The fourth-order valence-electron chi connectivity index (χ4n) is 4.86. The number of carbonyl (C=O) groups excluding carboxylic acids is 2. The molecule has 3 amide bonds. The Bertz CT molecular complexity index is 1060. The lowest BCUT2D eigenvalue weighted by atomic mass is 9.90. The molecule has 0 bridgehead atoms. The Hall–Kier alpha value is -2.87. The van der Waals surface area contributed by atoms with Gasteiger partial charge in [0, 0.05) is 10.5 Å². The molecule has 3 aromatic rings. The van der Waals surface area contributed by atoms with Gasteiger partial charge in [-0.2, -0.15) is 0 Å². The predicted molar refractivity (Wildman–Crippen MR) is 147 cm³/mol. The van der Waals surface area contributed by atoms with Crippen molar-refractivity contribution < 1.29 is 14.3 Å². The standard InChI is InChI=1S/C29H31IN2O3/c1-2-35-29(34)32-26(21-30)20-25(19-18-22-12-6-3-7-13-22)31(28(32)33)27(23-14-8-4-9-15-23)24-16-10-5-11-17-24/h3-17,25-27H,2,18-21H2,1H3/t25-,26+/m1/s1. The Morgan fingerprint density at radius 3 is 1.97 bits per heavy atom. The second-order valence-corrected chi connectivity index (χ2v) is 9.59. The number of imide groups is 1. The molecular weight excluding hydrogens is 551 g/mol. The van der Waals surface area contributed by atoms with Crippen molar-refractivity contribution in [2.45, 2.75) is 44.3 Å². The van der Waals surface area contributed by atoms with Gasteiger partial charge in [-0.3, -0.25) is 0 Å². The van der Waals surface area contributed by atoms with Gasteiger partial charge in [0.25, 0.3) is 0 Å². The number of carbonyl (C=O) groups is 2. The summed E-state index contributed by atoms with van der Waals surface area (Å²) in [6.07, 6.45) is 1.82. The first kappa shape index (κ1) is 25.2. The summed E-state index contributed by atoms with van der Waals surface area (Å²) in [5, 5.41) is 0. The third kappa shape index (κ3) is 5.86. The zero-order valence-electron chi connectivity index (χ0n) is 19.9. The van der Waals surface area contributed by atoms with Crippen molar-refractivity contribution in [3.63, 3.8) is 0 Å². The molecule has 1 fully saturated rings. The van der Waals surface area contributed by atoms with E-state index in [1.54, 1.807) is 6.92 Å². The highest BCUT2D eigenvalue weighted by atomic mass is 127. The number of benzene rings is 3. The molecule has 3 aromatic carbocycles. The maximum Gasteiger partial charge on any atom is 0.418 e. The lowest BCUT2D eigenvalue weighted by molar-refractivity contribution is 0.0440. The van der Waals surface area contributed by atoms with Crippen LogP contribution >= 0.6 is 22.6 Å². The van der Waals surface area contributed by atoms with Gasteiger partial charge in [0.2, 0.25) is 0 Å². The second kappa shape index (κ2) is 12.2. The number of hydrogen-bond acceptors (Lipinski definition) is 3. The van der Waals surface area contributed by atoms with E-state index >= 15 is 0 Å². The molecule has 6 heteroatoms. The van der Waals surface area contributed by atoms with E-state index in [1.165, 1.54) is 10.5 Å². The van der Waals surface area contributed by atoms with Crippen molar-refractivity contribution >= 4 is 34.7 Å². The predicted octanol–water partition coefficient (Wildman–Crippen LogP) is 6.87. The van der Waals surface area contributed by atoms with Gasteiger partial charge in [0.1, 0.15) is 0 Å². The van der Waals surface area contributed by atoms with Gasteiger partial charge in [-0.05, 0) is 42.9 Å².